The third kappa shape index (κ3) is 2.26. The normalized spacial score (nSPS) is 25.0. The molecule has 1 heterocycles. The fourth-order valence-electron chi connectivity index (χ4n) is 0.943. The van der Waals surface area contributed by atoms with Crippen LogP contribution in [0, 0.1) is 0 Å². The van der Waals surface area contributed by atoms with Gasteiger partial charge in [-0.05, 0) is 12.8 Å². The molecule has 0 amide bonds. The molecular weight excluding hydrogens is 128 g/mol. The molecule has 0 saturated carbocycles. The Bertz CT molecular complexity index is 130. The first kappa shape index (κ1) is 7.39. The Balaban J connectivity index is 2.19. The third-order valence-electron chi connectivity index (χ3n) is 1.44. The van der Waals surface area contributed by atoms with Gasteiger partial charge in [0.05, 0.1) is 6.61 Å². The zero-order valence-electron chi connectivity index (χ0n) is 6.01. The zero-order valence-corrected chi connectivity index (χ0v) is 6.01. The minimum absolute atomic E-state index is 0.0528. The van der Waals surface area contributed by atoms with Crippen LogP contribution in [0.4, 0.5) is 0 Å². The van der Waals surface area contributed by atoms with Gasteiger partial charge >= 0.3 is 0 Å². The van der Waals surface area contributed by atoms with Crippen LogP contribution < -0.4 is 0 Å². The van der Waals surface area contributed by atoms with E-state index in [0.29, 0.717) is 0 Å². The monoisotopic (exact) mass is 140 g/mol. The van der Waals surface area contributed by atoms with Crippen LogP contribution in [-0.4, -0.2) is 12.9 Å². The van der Waals surface area contributed by atoms with Gasteiger partial charge in [0.15, 0.2) is 6.29 Å². The Morgan fingerprint density at radius 2 is 2.50 bits per heavy atom. The van der Waals surface area contributed by atoms with Crippen LogP contribution in [0.2, 0.25) is 0 Å². The van der Waals surface area contributed by atoms with Crippen molar-refractivity contribution >= 4 is 0 Å². The van der Waals surface area contributed by atoms with Crippen LogP contribution >= 0.6 is 0 Å². The smallest absolute Gasteiger partial charge is 0.199 e. The van der Waals surface area contributed by atoms with Gasteiger partial charge in [-0.25, -0.2) is 0 Å². The van der Waals surface area contributed by atoms with E-state index in [1.54, 1.807) is 0 Å². The maximum atomic E-state index is 5.26. The number of hydrogen-bond acceptors (Lipinski definition) is 2. The summed E-state index contributed by atoms with van der Waals surface area (Å²) in [5.74, 6) is 0. The van der Waals surface area contributed by atoms with E-state index in [0.717, 1.165) is 19.4 Å². The van der Waals surface area contributed by atoms with E-state index >= 15 is 0 Å². The van der Waals surface area contributed by atoms with Gasteiger partial charge in [-0.1, -0.05) is 12.3 Å². The predicted molar refractivity (Wildman–Crippen MR) is 38.4 cm³/mol. The van der Waals surface area contributed by atoms with Crippen molar-refractivity contribution in [3.63, 3.8) is 0 Å². The summed E-state index contributed by atoms with van der Waals surface area (Å²) in [6.45, 7) is 4.20. The van der Waals surface area contributed by atoms with Crippen molar-refractivity contribution < 1.29 is 9.47 Å². The summed E-state index contributed by atoms with van der Waals surface area (Å²) in [7, 11) is 0. The summed E-state index contributed by atoms with van der Waals surface area (Å²) in [6.07, 6.45) is 4.73. The van der Waals surface area contributed by atoms with Gasteiger partial charge < -0.3 is 9.47 Å². The van der Waals surface area contributed by atoms with E-state index in [-0.39, 0.29) is 6.29 Å². The summed E-state index contributed by atoms with van der Waals surface area (Å²) in [6, 6.07) is 0. The molecule has 0 bridgehead atoms. The molecule has 0 aliphatic carbocycles. The molecule has 1 aliphatic rings. The minimum Gasteiger partial charge on any atom is -0.464 e. The lowest BCUT2D eigenvalue weighted by Crippen LogP contribution is -2.19. The first-order valence-electron chi connectivity index (χ1n) is 3.55. The summed E-state index contributed by atoms with van der Waals surface area (Å²) >= 11 is 0. The molecule has 1 atom stereocenters. The summed E-state index contributed by atoms with van der Waals surface area (Å²) < 4.78 is 10.4. The van der Waals surface area contributed by atoms with Crippen LogP contribution in [0.15, 0.2) is 18.6 Å². The highest BCUT2D eigenvalue weighted by Crippen LogP contribution is 2.13. The molecule has 2 nitrogen and oxygen atoms in total. The molecule has 1 unspecified atom stereocenters. The van der Waals surface area contributed by atoms with Gasteiger partial charge in [-0.3, -0.25) is 0 Å². The Morgan fingerprint density at radius 1 is 1.60 bits per heavy atom. The molecule has 0 aromatic rings. The average molecular weight is 140 g/mol. The fraction of sp³-hybridized carbons (Fsp3) is 0.625. The van der Waals surface area contributed by atoms with Crippen molar-refractivity contribution in [2.75, 3.05) is 6.61 Å². The molecule has 0 radical (unpaired) electrons. The van der Waals surface area contributed by atoms with E-state index in [9.17, 15) is 0 Å². The lowest BCUT2D eigenvalue weighted by atomic mass is 10.2. The molecule has 56 valence electrons. The number of hydrogen-bond donors (Lipinski definition) is 0. The number of rotatable bonds is 2. The van der Waals surface area contributed by atoms with Crippen molar-refractivity contribution in [1.29, 1.82) is 0 Å². The molecule has 0 N–H and O–H groups in total. The Kier molecular flexibility index (Phi) is 3.07. The van der Waals surface area contributed by atoms with E-state index in [1.165, 1.54) is 12.7 Å². The van der Waals surface area contributed by atoms with Crippen LogP contribution in [-0.2, 0) is 9.47 Å². The molecule has 10 heavy (non-hydrogen) atoms. The summed E-state index contributed by atoms with van der Waals surface area (Å²) in [5, 5.41) is 0. The number of ether oxygens (including phenoxy) is 2. The Morgan fingerprint density at radius 3 is 3.10 bits per heavy atom. The van der Waals surface area contributed by atoms with E-state index < -0.39 is 0 Å². The highest BCUT2D eigenvalue weighted by atomic mass is 16.7. The van der Waals surface area contributed by atoms with Gasteiger partial charge in [0.2, 0.25) is 0 Å². The molecular formula is C8H12O2. The topological polar surface area (TPSA) is 18.5 Å². The van der Waals surface area contributed by atoms with Crippen LogP contribution in [0.5, 0.6) is 0 Å². The fourth-order valence-corrected chi connectivity index (χ4v) is 0.943. The van der Waals surface area contributed by atoms with Crippen molar-refractivity contribution in [3.05, 3.63) is 18.6 Å². The van der Waals surface area contributed by atoms with Gasteiger partial charge in [-0.15, -0.1) is 0 Å². The Hall–Kier alpha value is -0.720. The summed E-state index contributed by atoms with van der Waals surface area (Å²) in [5.41, 5.74) is 2.54. The largest absolute Gasteiger partial charge is 0.464 e. The standard InChI is InChI=1S/C8H12O2/c1-2-6-9-8-5-3-4-7-10-8/h6,8H,1,3-5,7H2. The Labute approximate surface area is 61.1 Å². The van der Waals surface area contributed by atoms with Crippen molar-refractivity contribution in [3.8, 4) is 0 Å². The second-order valence-corrected chi connectivity index (χ2v) is 2.25. The maximum Gasteiger partial charge on any atom is 0.199 e. The molecule has 1 fully saturated rings. The first-order valence-corrected chi connectivity index (χ1v) is 3.55. The summed E-state index contributed by atoms with van der Waals surface area (Å²) in [4.78, 5) is 0. The van der Waals surface area contributed by atoms with Gasteiger partial charge in [0.25, 0.3) is 0 Å². The second-order valence-electron chi connectivity index (χ2n) is 2.25. The molecule has 0 spiro atoms. The molecule has 1 saturated heterocycles. The van der Waals surface area contributed by atoms with Crippen molar-refractivity contribution in [1.82, 2.24) is 0 Å². The minimum atomic E-state index is -0.0528. The predicted octanol–water partition coefficient (Wildman–Crippen LogP) is 1.83. The molecule has 1 rings (SSSR count). The van der Waals surface area contributed by atoms with E-state index in [2.05, 4.69) is 12.3 Å². The lowest BCUT2D eigenvalue weighted by molar-refractivity contribution is -0.129. The highest BCUT2D eigenvalue weighted by molar-refractivity contribution is 4.66. The van der Waals surface area contributed by atoms with E-state index in [4.69, 9.17) is 9.47 Å². The molecule has 2 heteroatoms. The lowest BCUT2D eigenvalue weighted by Gasteiger charge is -2.20. The average Bonchev–Trinajstić information content (AvgIpc) is 2.03. The second kappa shape index (κ2) is 4.15. The van der Waals surface area contributed by atoms with Crippen LogP contribution in [0.3, 0.4) is 0 Å². The molecule has 0 aromatic carbocycles. The zero-order chi connectivity index (χ0) is 7.23. The quantitative estimate of drug-likeness (QED) is 0.430. The maximum absolute atomic E-state index is 5.26. The molecule has 0 aromatic heterocycles. The first-order chi connectivity index (χ1) is 4.93. The van der Waals surface area contributed by atoms with Gasteiger partial charge in [-0.2, -0.15) is 0 Å². The van der Waals surface area contributed by atoms with E-state index in [1.807, 2.05) is 0 Å². The van der Waals surface area contributed by atoms with Gasteiger partial charge in [0.1, 0.15) is 6.26 Å². The highest BCUT2D eigenvalue weighted by Gasteiger charge is 2.12. The van der Waals surface area contributed by atoms with Crippen molar-refractivity contribution in [2.45, 2.75) is 25.6 Å². The van der Waals surface area contributed by atoms with Crippen LogP contribution in [0.1, 0.15) is 19.3 Å². The third-order valence-corrected chi connectivity index (χ3v) is 1.44. The van der Waals surface area contributed by atoms with Crippen LogP contribution in [0.25, 0.3) is 0 Å². The van der Waals surface area contributed by atoms with Gasteiger partial charge in [0, 0.05) is 6.42 Å². The van der Waals surface area contributed by atoms with Crippen molar-refractivity contribution in [2.24, 2.45) is 0 Å². The SMILES string of the molecule is C=C=COC1CCCCO1. The molecule has 1 aliphatic heterocycles.